The topological polar surface area (TPSA) is 65.9 Å². The molecule has 0 spiro atoms. The Morgan fingerprint density at radius 1 is 1.12 bits per heavy atom. The lowest BCUT2D eigenvalue weighted by Gasteiger charge is -2.16. The number of aryl methyl sites for hydroxylation is 1. The zero-order chi connectivity index (χ0) is 23.4. The van der Waals surface area contributed by atoms with Gasteiger partial charge >= 0.3 is 0 Å². The Hall–Kier alpha value is -2.72. The Morgan fingerprint density at radius 2 is 1.88 bits per heavy atom. The van der Waals surface area contributed by atoms with Crippen LogP contribution in [0.5, 0.6) is 5.75 Å². The number of hydrogen-bond donors (Lipinski definition) is 0. The molecule has 0 saturated heterocycles. The highest BCUT2D eigenvalue weighted by Gasteiger charge is 2.16. The van der Waals surface area contributed by atoms with E-state index in [1.807, 2.05) is 47.8 Å². The van der Waals surface area contributed by atoms with E-state index in [4.69, 9.17) is 38.4 Å². The Labute approximate surface area is 201 Å². The molecule has 0 aliphatic carbocycles. The van der Waals surface area contributed by atoms with Crippen LogP contribution in [0.4, 0.5) is 0 Å². The number of halogens is 1. The van der Waals surface area contributed by atoms with Crippen molar-refractivity contribution in [3.8, 4) is 5.75 Å². The first-order valence-electron chi connectivity index (χ1n) is 10.7. The maximum atomic E-state index is 13.2. The number of fused-ring (bicyclic) bond motifs is 3. The third-order valence-corrected chi connectivity index (χ3v) is 5.99. The molecule has 0 saturated carbocycles. The van der Waals surface area contributed by atoms with Crippen LogP contribution in [0.3, 0.4) is 0 Å². The molecule has 0 aliphatic rings. The fourth-order valence-corrected chi connectivity index (χ4v) is 4.08. The van der Waals surface area contributed by atoms with Crippen LogP contribution in [0.25, 0.3) is 16.7 Å². The first-order chi connectivity index (χ1) is 16.0. The third kappa shape index (κ3) is 5.11. The lowest BCUT2D eigenvalue weighted by Crippen LogP contribution is -2.27. The van der Waals surface area contributed by atoms with Gasteiger partial charge in [0.25, 0.3) is 5.56 Å². The summed E-state index contributed by atoms with van der Waals surface area (Å²) in [6.07, 6.45) is 0.700. The van der Waals surface area contributed by atoms with Crippen LogP contribution in [0.1, 0.15) is 6.42 Å². The average molecular weight is 488 g/mol. The van der Waals surface area contributed by atoms with Crippen molar-refractivity contribution in [1.29, 1.82) is 0 Å². The summed E-state index contributed by atoms with van der Waals surface area (Å²) < 4.78 is 16.8. The predicted molar refractivity (Wildman–Crippen MR) is 132 cm³/mol. The summed E-state index contributed by atoms with van der Waals surface area (Å²) in [5.41, 5.74) is 0.677. The van der Waals surface area contributed by atoms with Crippen molar-refractivity contribution in [3.63, 3.8) is 0 Å². The molecule has 0 bridgehead atoms. The monoisotopic (exact) mass is 487 g/mol. The second kappa shape index (κ2) is 10.5. The van der Waals surface area contributed by atoms with E-state index in [0.717, 1.165) is 11.3 Å². The van der Waals surface area contributed by atoms with Gasteiger partial charge in [-0.05, 0) is 62.1 Å². The van der Waals surface area contributed by atoms with Gasteiger partial charge in [0, 0.05) is 31.8 Å². The highest BCUT2D eigenvalue weighted by atomic mass is 35.5. The third-order valence-electron chi connectivity index (χ3n) is 5.35. The number of hydrogen-bond acceptors (Lipinski definition) is 6. The van der Waals surface area contributed by atoms with E-state index in [1.165, 1.54) is 0 Å². The van der Waals surface area contributed by atoms with Gasteiger partial charge in [0.15, 0.2) is 0 Å². The van der Waals surface area contributed by atoms with Gasteiger partial charge in [-0.1, -0.05) is 23.7 Å². The van der Waals surface area contributed by atoms with Crippen molar-refractivity contribution < 1.29 is 9.47 Å². The lowest BCUT2D eigenvalue weighted by atomic mass is 10.2. The van der Waals surface area contributed by atoms with Crippen LogP contribution in [0.2, 0.25) is 5.02 Å². The first-order valence-corrected chi connectivity index (χ1v) is 11.4. The van der Waals surface area contributed by atoms with E-state index < -0.39 is 0 Å². The van der Waals surface area contributed by atoms with Crippen molar-refractivity contribution in [2.45, 2.75) is 19.6 Å². The minimum atomic E-state index is -0.0777. The zero-order valence-corrected chi connectivity index (χ0v) is 20.2. The molecule has 2 aromatic heterocycles. The summed E-state index contributed by atoms with van der Waals surface area (Å²) in [4.78, 5) is 15.2. The molecule has 0 atom stereocenters. The van der Waals surface area contributed by atoms with E-state index in [2.05, 4.69) is 4.90 Å². The molecule has 2 heterocycles. The number of benzene rings is 2. The van der Waals surface area contributed by atoms with E-state index >= 15 is 0 Å². The molecule has 33 heavy (non-hydrogen) atoms. The number of likely N-dealkylation sites (N-methyl/N-ethyl adjacent to an activating group) is 1. The van der Waals surface area contributed by atoms with Gasteiger partial charge in [-0.2, -0.15) is 0 Å². The number of nitrogens with zero attached hydrogens (tertiary/aromatic N) is 5. The molecular weight excluding hydrogens is 462 g/mol. The van der Waals surface area contributed by atoms with Crippen molar-refractivity contribution in [2.24, 2.45) is 0 Å². The summed E-state index contributed by atoms with van der Waals surface area (Å²) >= 11 is 11.7. The zero-order valence-electron chi connectivity index (χ0n) is 18.6. The van der Waals surface area contributed by atoms with E-state index in [0.29, 0.717) is 60.4 Å². The standard InChI is InChI=1S/C23H26ClN5O3S/c1-26(13-15-32-18-10-8-17(24)9-11-18)16-28-23(33)29-20-7-4-3-6-19(20)21(30)27(22(29)25-28)12-5-14-31-2/h3-4,6-11H,5,12-16H2,1-2H3. The van der Waals surface area contributed by atoms with Gasteiger partial charge in [-0.3, -0.25) is 18.7 Å². The lowest BCUT2D eigenvalue weighted by molar-refractivity contribution is 0.190. The van der Waals surface area contributed by atoms with Crippen LogP contribution >= 0.6 is 23.8 Å². The van der Waals surface area contributed by atoms with Crippen molar-refractivity contribution >= 4 is 40.5 Å². The van der Waals surface area contributed by atoms with Crippen molar-refractivity contribution in [1.82, 2.24) is 23.6 Å². The highest BCUT2D eigenvalue weighted by molar-refractivity contribution is 7.71. The smallest absolute Gasteiger partial charge is 0.262 e. The van der Waals surface area contributed by atoms with Crippen molar-refractivity contribution in [3.05, 3.63) is 68.7 Å². The highest BCUT2D eigenvalue weighted by Crippen LogP contribution is 2.16. The molecule has 0 aliphatic heterocycles. The second-order valence-electron chi connectivity index (χ2n) is 7.76. The number of methoxy groups -OCH3 is 1. The summed E-state index contributed by atoms with van der Waals surface area (Å²) in [5.74, 6) is 1.30. The maximum absolute atomic E-state index is 13.2. The van der Waals surface area contributed by atoms with E-state index in [9.17, 15) is 4.79 Å². The molecule has 8 nitrogen and oxygen atoms in total. The summed E-state index contributed by atoms with van der Waals surface area (Å²) in [6.45, 7) is 2.69. The predicted octanol–water partition coefficient (Wildman–Crippen LogP) is 3.84. The molecule has 2 aromatic carbocycles. The molecule has 0 fully saturated rings. The molecular formula is C23H26ClN5O3S. The van der Waals surface area contributed by atoms with Crippen LogP contribution in [0, 0.1) is 4.77 Å². The number of rotatable bonds is 10. The SMILES string of the molecule is COCCCn1c(=O)c2ccccc2n2c(=S)n(CN(C)CCOc3ccc(Cl)cc3)nc12. The first kappa shape index (κ1) is 23.4. The van der Waals surface area contributed by atoms with Crippen LogP contribution in [-0.2, 0) is 18.0 Å². The van der Waals surface area contributed by atoms with Crippen molar-refractivity contribution in [2.75, 3.05) is 33.9 Å². The maximum Gasteiger partial charge on any atom is 0.262 e. The molecule has 0 N–H and O–H groups in total. The van der Waals surface area contributed by atoms with E-state index in [-0.39, 0.29) is 5.56 Å². The Bertz CT molecular complexity index is 1360. The Morgan fingerprint density at radius 3 is 2.64 bits per heavy atom. The molecule has 174 valence electrons. The van der Waals surface area contributed by atoms with Gasteiger partial charge in [-0.25, -0.2) is 4.68 Å². The quantitative estimate of drug-likeness (QED) is 0.250. The van der Waals surface area contributed by atoms with Crippen LogP contribution < -0.4 is 10.3 Å². The van der Waals surface area contributed by atoms with Gasteiger partial charge in [0.05, 0.1) is 17.6 Å². The molecule has 0 amide bonds. The van der Waals surface area contributed by atoms with Crippen LogP contribution in [0.15, 0.2) is 53.3 Å². The van der Waals surface area contributed by atoms with Crippen LogP contribution in [-0.4, -0.2) is 57.6 Å². The number of para-hydroxylation sites is 1. The molecule has 4 aromatic rings. The summed E-state index contributed by atoms with van der Waals surface area (Å²) in [6, 6.07) is 14.8. The van der Waals surface area contributed by atoms with Gasteiger partial charge < -0.3 is 9.47 Å². The van der Waals surface area contributed by atoms with Gasteiger partial charge in [0.2, 0.25) is 10.5 Å². The Kier molecular flexibility index (Phi) is 7.44. The summed E-state index contributed by atoms with van der Waals surface area (Å²) in [5, 5.41) is 6.01. The molecule has 0 radical (unpaired) electrons. The fraction of sp³-hybridized carbons (Fsp3) is 0.348. The minimum Gasteiger partial charge on any atom is -0.492 e. The van der Waals surface area contributed by atoms with Gasteiger partial charge in [0.1, 0.15) is 12.4 Å². The largest absolute Gasteiger partial charge is 0.492 e. The Balaban J connectivity index is 1.59. The average Bonchev–Trinajstić information content (AvgIpc) is 3.13. The molecule has 10 heteroatoms. The second-order valence-corrected chi connectivity index (χ2v) is 8.56. The number of ether oxygens (including phenoxy) is 2. The molecule has 0 unspecified atom stereocenters. The van der Waals surface area contributed by atoms with Gasteiger partial charge in [-0.15, -0.1) is 5.10 Å². The fourth-order valence-electron chi connectivity index (χ4n) is 3.68. The van der Waals surface area contributed by atoms with E-state index in [1.54, 1.807) is 28.5 Å². The number of aromatic nitrogens is 4. The molecule has 4 rings (SSSR count). The summed E-state index contributed by atoms with van der Waals surface area (Å²) in [7, 11) is 3.62. The minimum absolute atomic E-state index is 0.0777. The normalized spacial score (nSPS) is 11.6.